The number of anilines is 6. The SMILES string of the molecule is c1ccc(-c2ccc3c4c2N(c2ccccc2)c2ccccc2C4(c2ccccc2)c2cc(-c4ccc(N(c5ccc6c(c5)C(c5ccccc5)(c5ccccc5)c5ccccc5-6)c5ccc6oc7ccccc7c6c5)cc4)ccc2-3)cc1. The highest BCUT2D eigenvalue weighted by Gasteiger charge is 2.53. The molecule has 388 valence electrons. The summed E-state index contributed by atoms with van der Waals surface area (Å²) >= 11 is 0. The van der Waals surface area contributed by atoms with Crippen LogP contribution < -0.4 is 9.80 Å². The van der Waals surface area contributed by atoms with Crippen LogP contribution >= 0.6 is 0 Å². The van der Waals surface area contributed by atoms with Gasteiger partial charge in [0.2, 0.25) is 0 Å². The fourth-order valence-electron chi connectivity index (χ4n) is 14.7. The van der Waals surface area contributed by atoms with Crippen LogP contribution in [0.2, 0.25) is 0 Å². The third-order valence-corrected chi connectivity index (χ3v) is 18.1. The van der Waals surface area contributed by atoms with E-state index in [0.29, 0.717) is 0 Å². The lowest BCUT2D eigenvalue weighted by Crippen LogP contribution is -2.36. The van der Waals surface area contributed by atoms with Crippen LogP contribution in [0.15, 0.2) is 320 Å². The lowest BCUT2D eigenvalue weighted by atomic mass is 9.64. The summed E-state index contributed by atoms with van der Waals surface area (Å²) in [6.45, 7) is 0. The van der Waals surface area contributed by atoms with Crippen molar-refractivity contribution in [1.29, 1.82) is 0 Å². The van der Waals surface area contributed by atoms with Crippen molar-refractivity contribution in [3.63, 3.8) is 0 Å². The van der Waals surface area contributed by atoms with Gasteiger partial charge in [0.15, 0.2) is 0 Å². The number of hydrogen-bond acceptors (Lipinski definition) is 3. The first-order valence-corrected chi connectivity index (χ1v) is 28.7. The zero-order valence-corrected chi connectivity index (χ0v) is 45.3. The van der Waals surface area contributed by atoms with Gasteiger partial charge in [0, 0.05) is 44.6 Å². The van der Waals surface area contributed by atoms with Gasteiger partial charge in [0.25, 0.3) is 0 Å². The minimum Gasteiger partial charge on any atom is -0.456 e. The zero-order chi connectivity index (χ0) is 54.6. The summed E-state index contributed by atoms with van der Waals surface area (Å²) in [6.07, 6.45) is 0. The summed E-state index contributed by atoms with van der Waals surface area (Å²) in [5, 5.41) is 2.18. The Bertz CT molecular complexity index is 4800. The molecule has 2 heterocycles. The van der Waals surface area contributed by atoms with Crippen molar-refractivity contribution in [2.75, 3.05) is 9.80 Å². The van der Waals surface area contributed by atoms with E-state index in [1.807, 2.05) is 6.07 Å². The van der Waals surface area contributed by atoms with Gasteiger partial charge >= 0.3 is 0 Å². The number of rotatable bonds is 9. The van der Waals surface area contributed by atoms with Gasteiger partial charge in [-0.15, -0.1) is 0 Å². The van der Waals surface area contributed by atoms with E-state index in [2.05, 4.69) is 319 Å². The molecule has 0 spiro atoms. The van der Waals surface area contributed by atoms with Crippen LogP contribution in [-0.4, -0.2) is 0 Å². The van der Waals surface area contributed by atoms with E-state index >= 15 is 0 Å². The smallest absolute Gasteiger partial charge is 0.135 e. The number of fused-ring (bicyclic) bond motifs is 11. The minimum atomic E-state index is -0.626. The van der Waals surface area contributed by atoms with Crippen LogP contribution in [-0.2, 0) is 10.8 Å². The Morgan fingerprint density at radius 1 is 0.289 bits per heavy atom. The van der Waals surface area contributed by atoms with Crippen LogP contribution in [0.4, 0.5) is 34.1 Å². The Balaban J connectivity index is 0.858. The summed E-state index contributed by atoms with van der Waals surface area (Å²) in [7, 11) is 0. The molecule has 3 nitrogen and oxygen atoms in total. The van der Waals surface area contributed by atoms with Crippen LogP contribution in [0, 0.1) is 0 Å². The number of furan rings is 1. The molecule has 17 rings (SSSR count). The van der Waals surface area contributed by atoms with Crippen molar-refractivity contribution in [3.05, 3.63) is 360 Å². The molecule has 0 saturated carbocycles. The normalized spacial score (nSPS) is 14.9. The summed E-state index contributed by atoms with van der Waals surface area (Å²) in [6, 6.07) is 117. The van der Waals surface area contributed by atoms with E-state index < -0.39 is 10.8 Å². The number of hydrogen-bond donors (Lipinski definition) is 0. The first-order valence-electron chi connectivity index (χ1n) is 28.7. The Morgan fingerprint density at radius 3 is 1.52 bits per heavy atom. The molecule has 0 bridgehead atoms. The van der Waals surface area contributed by atoms with Gasteiger partial charge in [-0.25, -0.2) is 0 Å². The molecule has 83 heavy (non-hydrogen) atoms. The van der Waals surface area contributed by atoms with E-state index in [1.165, 1.54) is 89.3 Å². The predicted molar refractivity (Wildman–Crippen MR) is 342 cm³/mol. The molecule has 0 fully saturated rings. The molecule has 2 aliphatic carbocycles. The molecule has 0 amide bonds. The average molecular weight is 1060 g/mol. The Morgan fingerprint density at radius 2 is 0.783 bits per heavy atom. The minimum absolute atomic E-state index is 0.558. The van der Waals surface area contributed by atoms with Crippen molar-refractivity contribution in [2.24, 2.45) is 0 Å². The zero-order valence-electron chi connectivity index (χ0n) is 45.3. The second kappa shape index (κ2) is 18.4. The topological polar surface area (TPSA) is 19.6 Å². The summed E-state index contributed by atoms with van der Waals surface area (Å²) in [5.74, 6) is 0. The van der Waals surface area contributed by atoms with Crippen molar-refractivity contribution >= 4 is 56.1 Å². The van der Waals surface area contributed by atoms with Crippen LogP contribution in [0.3, 0.4) is 0 Å². The van der Waals surface area contributed by atoms with Crippen LogP contribution in [0.25, 0.3) is 66.4 Å². The molecule has 1 unspecified atom stereocenters. The fraction of sp³-hybridized carbons (Fsp3) is 0.0250. The molecule has 0 saturated heterocycles. The van der Waals surface area contributed by atoms with Gasteiger partial charge in [-0.2, -0.15) is 0 Å². The molecule has 3 aliphatic rings. The molecule has 1 aromatic heterocycles. The lowest BCUT2D eigenvalue weighted by Gasteiger charge is -2.45. The van der Waals surface area contributed by atoms with Crippen LogP contribution in [0.1, 0.15) is 44.5 Å². The fourth-order valence-corrected chi connectivity index (χ4v) is 14.7. The van der Waals surface area contributed by atoms with Gasteiger partial charge in [0.05, 0.1) is 22.2 Å². The van der Waals surface area contributed by atoms with Crippen molar-refractivity contribution < 1.29 is 4.42 Å². The van der Waals surface area contributed by atoms with Crippen molar-refractivity contribution in [2.45, 2.75) is 10.8 Å². The predicted octanol–water partition coefficient (Wildman–Crippen LogP) is 20.9. The van der Waals surface area contributed by atoms with Gasteiger partial charge in [-0.05, 0) is 151 Å². The first-order chi connectivity index (χ1) is 41.2. The summed E-state index contributed by atoms with van der Waals surface area (Å²) in [4.78, 5) is 4.95. The second-order valence-electron chi connectivity index (χ2n) is 22.2. The monoisotopic (exact) mass is 1060 g/mol. The van der Waals surface area contributed by atoms with Gasteiger partial charge in [-0.3, -0.25) is 0 Å². The highest BCUT2D eigenvalue weighted by Crippen LogP contribution is 2.67. The molecule has 0 radical (unpaired) electrons. The summed E-state index contributed by atoms with van der Waals surface area (Å²) < 4.78 is 6.45. The third kappa shape index (κ3) is 6.80. The maximum absolute atomic E-state index is 6.45. The first kappa shape index (κ1) is 47.1. The Kier molecular flexibility index (Phi) is 10.4. The Labute approximate surface area is 482 Å². The van der Waals surface area contributed by atoms with E-state index in [0.717, 1.165) is 55.8 Å². The number of nitrogens with zero attached hydrogens (tertiary/aromatic N) is 2. The maximum Gasteiger partial charge on any atom is 0.135 e. The number of benzene rings is 13. The molecule has 1 aliphatic heterocycles. The molecule has 0 N–H and O–H groups in total. The standard InChI is InChI=1S/C80H52N2O/c1-6-22-54(23-7-1)63-47-48-68-66-45-40-55(50-72(66)80(58-28-12-4-13-29-58)71-35-19-20-36-74(71)82(78(63)77(68)80)59-30-14-5-15-31-59)53-38-41-60(42-39-53)81(61-44-49-76-69(51-61)67-33-17-21-37-75(67)83-76)62-43-46-65-64-32-16-18-34-70(64)79(73(65)52-62,56-24-8-2-9-25-56)57-26-10-3-11-27-57/h1-52H. The summed E-state index contributed by atoms with van der Waals surface area (Å²) in [5.41, 5.74) is 27.1. The van der Waals surface area contributed by atoms with Gasteiger partial charge in [-0.1, -0.05) is 243 Å². The van der Waals surface area contributed by atoms with Crippen molar-refractivity contribution in [1.82, 2.24) is 0 Å². The van der Waals surface area contributed by atoms with Gasteiger partial charge in [0.1, 0.15) is 11.2 Å². The molecular formula is C80H52N2O. The maximum atomic E-state index is 6.45. The molecular weight excluding hydrogens is 1000 g/mol. The molecule has 14 aromatic rings. The molecule has 3 heteroatoms. The second-order valence-corrected chi connectivity index (χ2v) is 22.2. The average Bonchev–Trinajstić information content (AvgIpc) is 1.74. The molecule has 1 atom stereocenters. The van der Waals surface area contributed by atoms with E-state index in [4.69, 9.17) is 4.42 Å². The lowest BCUT2D eigenvalue weighted by molar-refractivity contribution is 0.669. The highest BCUT2D eigenvalue weighted by atomic mass is 16.3. The molecule has 13 aromatic carbocycles. The van der Waals surface area contributed by atoms with Crippen LogP contribution in [0.5, 0.6) is 0 Å². The van der Waals surface area contributed by atoms with Crippen molar-refractivity contribution in [3.8, 4) is 44.5 Å². The van der Waals surface area contributed by atoms with Gasteiger partial charge < -0.3 is 14.2 Å². The Hall–Kier alpha value is -10.7. The quantitative estimate of drug-likeness (QED) is 0.144. The number of para-hydroxylation sites is 3. The van der Waals surface area contributed by atoms with E-state index in [9.17, 15) is 0 Å². The largest absolute Gasteiger partial charge is 0.456 e. The third-order valence-electron chi connectivity index (χ3n) is 18.1. The van der Waals surface area contributed by atoms with E-state index in [1.54, 1.807) is 0 Å². The highest BCUT2D eigenvalue weighted by molar-refractivity contribution is 6.07. The van der Waals surface area contributed by atoms with E-state index in [-0.39, 0.29) is 0 Å².